The van der Waals surface area contributed by atoms with E-state index >= 15 is 0 Å². The molecule has 1 unspecified atom stereocenters. The molecule has 0 bridgehead atoms. The summed E-state index contributed by atoms with van der Waals surface area (Å²) in [6.07, 6.45) is 1.92. The smallest absolute Gasteiger partial charge is 0.118 e. The predicted molar refractivity (Wildman–Crippen MR) is 78.2 cm³/mol. The van der Waals surface area contributed by atoms with Crippen molar-refractivity contribution in [3.05, 3.63) is 45.9 Å². The van der Waals surface area contributed by atoms with Crippen LogP contribution < -0.4 is 16.0 Å². The summed E-state index contributed by atoms with van der Waals surface area (Å²) in [5, 5.41) is 0. The van der Waals surface area contributed by atoms with Crippen molar-refractivity contribution in [2.75, 3.05) is 7.11 Å². The topological polar surface area (TPSA) is 60.2 Å². The number of aryl methyl sites for hydroxylation is 2. The fourth-order valence-electron chi connectivity index (χ4n) is 2.04. The van der Waals surface area contributed by atoms with Crippen molar-refractivity contribution in [2.45, 2.75) is 25.8 Å². The molecule has 1 aromatic heterocycles. The highest BCUT2D eigenvalue weighted by molar-refractivity contribution is 7.09. The average Bonchev–Trinajstić information content (AvgIpc) is 2.87. The Morgan fingerprint density at radius 2 is 2.11 bits per heavy atom. The van der Waals surface area contributed by atoms with Crippen molar-refractivity contribution in [1.29, 1.82) is 0 Å². The lowest BCUT2D eigenvalue weighted by Gasteiger charge is -2.15. The molecule has 0 amide bonds. The lowest BCUT2D eigenvalue weighted by molar-refractivity contribution is 0.414. The van der Waals surface area contributed by atoms with Crippen LogP contribution in [-0.2, 0) is 6.42 Å². The molecular formula is C14H19N3OS. The van der Waals surface area contributed by atoms with Gasteiger partial charge in [-0.05, 0) is 37.5 Å². The molecule has 0 saturated heterocycles. The van der Waals surface area contributed by atoms with Crippen LogP contribution in [0.15, 0.2) is 29.8 Å². The fraction of sp³-hybridized carbons (Fsp3) is 0.357. The molecule has 1 heterocycles. The molecule has 1 aromatic carbocycles. The summed E-state index contributed by atoms with van der Waals surface area (Å²) in [5.74, 6) is 6.54. The first-order valence-electron chi connectivity index (χ1n) is 6.23. The lowest BCUT2D eigenvalue weighted by atomic mass is 10.0. The van der Waals surface area contributed by atoms with Gasteiger partial charge in [-0.25, -0.2) is 4.98 Å². The predicted octanol–water partition coefficient (Wildman–Crippen LogP) is 2.60. The summed E-state index contributed by atoms with van der Waals surface area (Å²) in [5.41, 5.74) is 7.09. The van der Waals surface area contributed by atoms with Crippen LogP contribution in [0.1, 0.15) is 28.6 Å². The number of nitrogens with one attached hydrogen (secondary N) is 1. The maximum absolute atomic E-state index is 5.65. The van der Waals surface area contributed by atoms with Crippen LogP contribution in [0.5, 0.6) is 5.75 Å². The Labute approximate surface area is 117 Å². The molecule has 3 N–H and O–H groups in total. The van der Waals surface area contributed by atoms with Crippen LogP contribution in [0.2, 0.25) is 0 Å². The van der Waals surface area contributed by atoms with Crippen molar-refractivity contribution >= 4 is 11.3 Å². The number of hydrogen-bond acceptors (Lipinski definition) is 5. The first-order valence-corrected chi connectivity index (χ1v) is 7.11. The number of benzene rings is 1. The van der Waals surface area contributed by atoms with Crippen LogP contribution in [-0.4, -0.2) is 12.1 Å². The number of rotatable bonds is 6. The molecule has 102 valence electrons. The summed E-state index contributed by atoms with van der Waals surface area (Å²) < 4.78 is 5.15. The second-order valence-corrected chi connectivity index (χ2v) is 5.29. The zero-order valence-corrected chi connectivity index (χ0v) is 12.0. The van der Waals surface area contributed by atoms with Gasteiger partial charge in [0.2, 0.25) is 0 Å². The van der Waals surface area contributed by atoms with Crippen molar-refractivity contribution in [3.8, 4) is 5.75 Å². The fourth-order valence-corrected chi connectivity index (χ4v) is 2.94. The number of nitrogens with two attached hydrogens (primary N) is 1. The van der Waals surface area contributed by atoms with Gasteiger partial charge in [0.1, 0.15) is 5.75 Å². The average molecular weight is 277 g/mol. The molecule has 0 spiro atoms. The zero-order valence-electron chi connectivity index (χ0n) is 11.2. The van der Waals surface area contributed by atoms with Crippen LogP contribution in [0.4, 0.5) is 0 Å². The van der Waals surface area contributed by atoms with E-state index in [1.165, 1.54) is 10.4 Å². The second kappa shape index (κ2) is 6.65. The van der Waals surface area contributed by atoms with Crippen LogP contribution >= 0.6 is 11.3 Å². The third-order valence-electron chi connectivity index (χ3n) is 3.18. The van der Waals surface area contributed by atoms with E-state index in [0.717, 1.165) is 24.3 Å². The number of hydrogen-bond donors (Lipinski definition) is 2. The van der Waals surface area contributed by atoms with E-state index in [4.69, 9.17) is 10.6 Å². The Balaban J connectivity index is 1.98. The normalized spacial score (nSPS) is 12.4. The second-order valence-electron chi connectivity index (χ2n) is 4.41. The van der Waals surface area contributed by atoms with E-state index in [2.05, 4.69) is 22.5 Å². The monoisotopic (exact) mass is 277 g/mol. The maximum Gasteiger partial charge on any atom is 0.118 e. The lowest BCUT2D eigenvalue weighted by Crippen LogP contribution is -2.28. The van der Waals surface area contributed by atoms with Gasteiger partial charge in [0.05, 0.1) is 24.4 Å². The quantitative estimate of drug-likeness (QED) is 0.629. The molecule has 0 radical (unpaired) electrons. The SMILES string of the molecule is COc1ccc(CCC(NN)c2scnc2C)cc1. The van der Waals surface area contributed by atoms with Crippen molar-refractivity contribution in [3.63, 3.8) is 0 Å². The van der Waals surface area contributed by atoms with Gasteiger partial charge in [-0.15, -0.1) is 11.3 Å². The minimum atomic E-state index is 0.162. The molecule has 4 nitrogen and oxygen atoms in total. The minimum Gasteiger partial charge on any atom is -0.497 e. The molecule has 5 heteroatoms. The van der Waals surface area contributed by atoms with Crippen molar-refractivity contribution in [2.24, 2.45) is 5.84 Å². The third kappa shape index (κ3) is 3.53. The summed E-state index contributed by atoms with van der Waals surface area (Å²) >= 11 is 1.65. The van der Waals surface area contributed by atoms with E-state index < -0.39 is 0 Å². The first-order chi connectivity index (χ1) is 9.24. The maximum atomic E-state index is 5.65. The van der Waals surface area contributed by atoms with Gasteiger partial charge in [0.15, 0.2) is 0 Å². The molecule has 2 rings (SSSR count). The van der Waals surface area contributed by atoms with E-state index in [1.54, 1.807) is 18.4 Å². The molecular weight excluding hydrogens is 258 g/mol. The molecule has 0 fully saturated rings. The number of ether oxygens (including phenoxy) is 1. The van der Waals surface area contributed by atoms with Crippen molar-refractivity contribution in [1.82, 2.24) is 10.4 Å². The Kier molecular flexibility index (Phi) is 4.90. The number of hydrazine groups is 1. The highest BCUT2D eigenvalue weighted by Gasteiger charge is 2.14. The Hall–Kier alpha value is -1.43. The van der Waals surface area contributed by atoms with E-state index in [1.807, 2.05) is 24.6 Å². The summed E-state index contributed by atoms with van der Waals surface area (Å²) in [4.78, 5) is 5.49. The van der Waals surface area contributed by atoms with Gasteiger partial charge in [0.25, 0.3) is 0 Å². The molecule has 0 aliphatic heterocycles. The number of nitrogens with zero attached hydrogens (tertiary/aromatic N) is 1. The third-order valence-corrected chi connectivity index (χ3v) is 4.23. The standard InChI is InChI=1S/C14H19N3OS/c1-10-14(19-9-16-10)13(17-15)8-5-11-3-6-12(18-2)7-4-11/h3-4,6-7,9,13,17H,5,8,15H2,1-2H3. The number of thiazole rings is 1. The highest BCUT2D eigenvalue weighted by atomic mass is 32.1. The van der Waals surface area contributed by atoms with Gasteiger partial charge in [-0.3, -0.25) is 11.3 Å². The van der Waals surface area contributed by atoms with Gasteiger partial charge >= 0.3 is 0 Å². The molecule has 0 aliphatic rings. The largest absolute Gasteiger partial charge is 0.497 e. The summed E-state index contributed by atoms with van der Waals surface area (Å²) in [6, 6.07) is 8.31. The van der Waals surface area contributed by atoms with E-state index in [-0.39, 0.29) is 6.04 Å². The molecule has 0 saturated carbocycles. The highest BCUT2D eigenvalue weighted by Crippen LogP contribution is 2.25. The summed E-state index contributed by atoms with van der Waals surface area (Å²) in [6.45, 7) is 2.02. The summed E-state index contributed by atoms with van der Waals surface area (Å²) in [7, 11) is 1.68. The van der Waals surface area contributed by atoms with Gasteiger partial charge in [-0.1, -0.05) is 12.1 Å². The number of aromatic nitrogens is 1. The van der Waals surface area contributed by atoms with E-state index in [9.17, 15) is 0 Å². The Bertz CT molecular complexity index is 510. The van der Waals surface area contributed by atoms with Gasteiger partial charge < -0.3 is 4.74 Å². The van der Waals surface area contributed by atoms with Crippen molar-refractivity contribution < 1.29 is 4.74 Å². The first kappa shape index (κ1) is 14.0. The Morgan fingerprint density at radius 1 is 1.37 bits per heavy atom. The molecule has 19 heavy (non-hydrogen) atoms. The van der Waals surface area contributed by atoms with Gasteiger partial charge in [-0.2, -0.15) is 0 Å². The van der Waals surface area contributed by atoms with E-state index in [0.29, 0.717) is 0 Å². The molecule has 2 aromatic rings. The molecule has 1 atom stereocenters. The zero-order chi connectivity index (χ0) is 13.7. The van der Waals surface area contributed by atoms with Crippen LogP contribution in [0, 0.1) is 6.92 Å². The number of methoxy groups -OCH3 is 1. The Morgan fingerprint density at radius 3 is 2.63 bits per heavy atom. The minimum absolute atomic E-state index is 0.162. The van der Waals surface area contributed by atoms with Crippen LogP contribution in [0.3, 0.4) is 0 Å². The van der Waals surface area contributed by atoms with Gasteiger partial charge in [0, 0.05) is 4.88 Å². The molecule has 0 aliphatic carbocycles. The van der Waals surface area contributed by atoms with Crippen LogP contribution in [0.25, 0.3) is 0 Å².